The SMILES string of the molecule is O=C(Cc1ccccn1)NNC(=O)c1ccccn1. The van der Waals surface area contributed by atoms with Crippen molar-refractivity contribution in [1.29, 1.82) is 0 Å². The van der Waals surface area contributed by atoms with E-state index in [2.05, 4.69) is 20.8 Å². The zero-order valence-electron chi connectivity index (χ0n) is 10.0. The zero-order chi connectivity index (χ0) is 13.5. The third-order valence-electron chi connectivity index (χ3n) is 2.28. The van der Waals surface area contributed by atoms with Crippen molar-refractivity contribution in [3.8, 4) is 0 Å². The minimum atomic E-state index is -0.463. The van der Waals surface area contributed by atoms with Crippen LogP contribution < -0.4 is 10.9 Å². The van der Waals surface area contributed by atoms with Crippen molar-refractivity contribution in [1.82, 2.24) is 20.8 Å². The van der Waals surface area contributed by atoms with Crippen molar-refractivity contribution in [3.05, 3.63) is 60.2 Å². The molecule has 19 heavy (non-hydrogen) atoms. The van der Waals surface area contributed by atoms with Gasteiger partial charge in [-0.2, -0.15) is 0 Å². The molecule has 0 aromatic carbocycles. The Morgan fingerprint density at radius 1 is 0.947 bits per heavy atom. The number of amides is 2. The maximum absolute atomic E-state index is 11.6. The Morgan fingerprint density at radius 3 is 2.32 bits per heavy atom. The number of carbonyl (C=O) groups is 2. The van der Waals surface area contributed by atoms with Gasteiger partial charge >= 0.3 is 0 Å². The summed E-state index contributed by atoms with van der Waals surface area (Å²) in [5.41, 5.74) is 5.47. The Morgan fingerprint density at radius 2 is 1.68 bits per heavy atom. The Labute approximate surface area is 109 Å². The first kappa shape index (κ1) is 12.7. The number of nitrogens with zero attached hydrogens (tertiary/aromatic N) is 2. The van der Waals surface area contributed by atoms with Gasteiger partial charge in [0.25, 0.3) is 5.91 Å². The minimum Gasteiger partial charge on any atom is -0.273 e. The summed E-state index contributed by atoms with van der Waals surface area (Å²) in [6, 6.07) is 10.3. The first-order valence-electron chi connectivity index (χ1n) is 5.66. The van der Waals surface area contributed by atoms with Gasteiger partial charge in [-0.3, -0.25) is 30.4 Å². The molecule has 2 aromatic heterocycles. The average Bonchev–Trinajstić information content (AvgIpc) is 2.47. The fourth-order valence-electron chi connectivity index (χ4n) is 1.40. The predicted octanol–water partition coefficient (Wildman–Crippen LogP) is 0.480. The van der Waals surface area contributed by atoms with Gasteiger partial charge in [0, 0.05) is 18.1 Å². The fourth-order valence-corrected chi connectivity index (χ4v) is 1.40. The van der Waals surface area contributed by atoms with Crippen molar-refractivity contribution >= 4 is 11.8 Å². The van der Waals surface area contributed by atoms with Gasteiger partial charge in [0.1, 0.15) is 5.69 Å². The minimum absolute atomic E-state index is 0.101. The van der Waals surface area contributed by atoms with Crippen molar-refractivity contribution in [2.75, 3.05) is 0 Å². The number of hydrogen-bond acceptors (Lipinski definition) is 4. The number of hydrogen-bond donors (Lipinski definition) is 2. The second kappa shape index (κ2) is 6.25. The summed E-state index contributed by atoms with van der Waals surface area (Å²) < 4.78 is 0. The summed E-state index contributed by atoms with van der Waals surface area (Å²) in [4.78, 5) is 31.0. The molecular formula is C13H12N4O2. The summed E-state index contributed by atoms with van der Waals surface area (Å²) in [5, 5.41) is 0. The molecule has 2 rings (SSSR count). The second-order valence-corrected chi connectivity index (χ2v) is 3.72. The van der Waals surface area contributed by atoms with Crippen molar-refractivity contribution in [3.63, 3.8) is 0 Å². The highest BCUT2D eigenvalue weighted by Gasteiger charge is 2.08. The third kappa shape index (κ3) is 3.88. The fraction of sp³-hybridized carbons (Fsp3) is 0.0769. The van der Waals surface area contributed by atoms with Crippen molar-refractivity contribution in [2.45, 2.75) is 6.42 Å². The first-order chi connectivity index (χ1) is 9.25. The normalized spacial score (nSPS) is 9.68. The van der Waals surface area contributed by atoms with Crippen LogP contribution in [0.5, 0.6) is 0 Å². The molecule has 0 atom stereocenters. The van der Waals surface area contributed by atoms with Crippen LogP contribution >= 0.6 is 0 Å². The number of nitrogens with one attached hydrogen (secondary N) is 2. The van der Waals surface area contributed by atoms with Gasteiger partial charge in [-0.25, -0.2) is 0 Å². The smallest absolute Gasteiger partial charge is 0.273 e. The van der Waals surface area contributed by atoms with Crippen LogP contribution in [0.15, 0.2) is 48.8 Å². The average molecular weight is 256 g/mol. The van der Waals surface area contributed by atoms with E-state index in [1.807, 2.05) is 0 Å². The van der Waals surface area contributed by atoms with Crippen molar-refractivity contribution < 1.29 is 9.59 Å². The third-order valence-corrected chi connectivity index (χ3v) is 2.28. The van der Waals surface area contributed by atoms with Crippen LogP contribution in [0.4, 0.5) is 0 Å². The molecule has 0 aliphatic carbocycles. The van der Waals surface area contributed by atoms with E-state index in [1.165, 1.54) is 6.20 Å². The second-order valence-electron chi connectivity index (χ2n) is 3.72. The standard InChI is InChI=1S/C13H12N4O2/c18-12(9-10-5-1-3-7-14-10)16-17-13(19)11-6-2-4-8-15-11/h1-8H,9H2,(H,16,18)(H,17,19). The van der Waals surface area contributed by atoms with E-state index >= 15 is 0 Å². The Bertz CT molecular complexity index is 557. The van der Waals surface area contributed by atoms with Crippen LogP contribution in [0.1, 0.15) is 16.2 Å². The molecule has 0 spiro atoms. The number of carbonyl (C=O) groups excluding carboxylic acids is 2. The highest BCUT2D eigenvalue weighted by atomic mass is 16.2. The highest BCUT2D eigenvalue weighted by Crippen LogP contribution is 1.94. The number of pyridine rings is 2. The molecule has 96 valence electrons. The molecule has 2 amide bonds. The molecule has 0 bridgehead atoms. The molecule has 2 N–H and O–H groups in total. The molecule has 0 saturated carbocycles. The van der Waals surface area contributed by atoms with Gasteiger partial charge in [-0.1, -0.05) is 12.1 Å². The van der Waals surface area contributed by atoms with Gasteiger partial charge < -0.3 is 0 Å². The monoisotopic (exact) mass is 256 g/mol. The lowest BCUT2D eigenvalue weighted by molar-refractivity contribution is -0.121. The van der Waals surface area contributed by atoms with E-state index in [0.29, 0.717) is 5.69 Å². The largest absolute Gasteiger partial charge is 0.288 e. The first-order valence-corrected chi connectivity index (χ1v) is 5.66. The molecule has 2 aromatic rings. The quantitative estimate of drug-likeness (QED) is 0.782. The van der Waals surface area contributed by atoms with Gasteiger partial charge in [-0.15, -0.1) is 0 Å². The van der Waals surface area contributed by atoms with E-state index in [9.17, 15) is 9.59 Å². The maximum Gasteiger partial charge on any atom is 0.288 e. The number of aromatic nitrogens is 2. The van der Waals surface area contributed by atoms with E-state index in [-0.39, 0.29) is 18.0 Å². The van der Waals surface area contributed by atoms with Crippen LogP contribution in [0.2, 0.25) is 0 Å². The van der Waals surface area contributed by atoms with Gasteiger partial charge in [0.05, 0.1) is 6.42 Å². The molecule has 0 radical (unpaired) electrons. The van der Waals surface area contributed by atoms with E-state index in [0.717, 1.165) is 0 Å². The van der Waals surface area contributed by atoms with Crippen LogP contribution in [-0.2, 0) is 11.2 Å². The number of hydrazine groups is 1. The predicted molar refractivity (Wildman–Crippen MR) is 67.8 cm³/mol. The molecule has 6 heteroatoms. The summed E-state index contributed by atoms with van der Waals surface area (Å²) in [6.45, 7) is 0. The summed E-state index contributed by atoms with van der Waals surface area (Å²) in [5.74, 6) is -0.807. The molecule has 0 aliphatic heterocycles. The van der Waals surface area contributed by atoms with Gasteiger partial charge in [0.15, 0.2) is 0 Å². The lowest BCUT2D eigenvalue weighted by Crippen LogP contribution is -2.42. The molecule has 6 nitrogen and oxygen atoms in total. The summed E-state index contributed by atoms with van der Waals surface area (Å²) in [6.07, 6.45) is 3.21. The lowest BCUT2D eigenvalue weighted by Gasteiger charge is -2.06. The van der Waals surface area contributed by atoms with Crippen LogP contribution in [0, 0.1) is 0 Å². The maximum atomic E-state index is 11.6. The van der Waals surface area contributed by atoms with E-state index < -0.39 is 5.91 Å². The zero-order valence-corrected chi connectivity index (χ0v) is 10.0. The summed E-state index contributed by atoms with van der Waals surface area (Å²) in [7, 11) is 0. The van der Waals surface area contributed by atoms with E-state index in [4.69, 9.17) is 0 Å². The van der Waals surface area contributed by atoms with E-state index in [1.54, 1.807) is 42.6 Å². The molecule has 0 saturated heterocycles. The van der Waals surface area contributed by atoms with Crippen LogP contribution in [0.25, 0.3) is 0 Å². The Kier molecular flexibility index (Phi) is 4.17. The molecule has 0 unspecified atom stereocenters. The topological polar surface area (TPSA) is 84.0 Å². The Hall–Kier alpha value is -2.76. The van der Waals surface area contributed by atoms with Gasteiger partial charge in [0.2, 0.25) is 5.91 Å². The molecule has 0 fully saturated rings. The van der Waals surface area contributed by atoms with Gasteiger partial charge in [-0.05, 0) is 24.3 Å². The van der Waals surface area contributed by atoms with Crippen molar-refractivity contribution in [2.24, 2.45) is 0 Å². The van der Waals surface area contributed by atoms with Crippen LogP contribution in [0.3, 0.4) is 0 Å². The molecule has 2 heterocycles. The Balaban J connectivity index is 1.83. The lowest BCUT2D eigenvalue weighted by atomic mass is 10.3. The van der Waals surface area contributed by atoms with Crippen LogP contribution in [-0.4, -0.2) is 21.8 Å². The highest BCUT2D eigenvalue weighted by molar-refractivity contribution is 5.93. The molecular weight excluding hydrogens is 244 g/mol. The number of rotatable bonds is 3. The summed E-state index contributed by atoms with van der Waals surface area (Å²) >= 11 is 0. The molecule has 0 aliphatic rings.